The molecule has 0 saturated heterocycles. The van der Waals surface area contributed by atoms with Gasteiger partial charge in [0.2, 0.25) is 5.69 Å². The van der Waals surface area contributed by atoms with Crippen molar-refractivity contribution in [1.29, 1.82) is 0 Å². The summed E-state index contributed by atoms with van der Waals surface area (Å²) < 4.78 is 32.5. The Morgan fingerprint density at radius 2 is 1.78 bits per heavy atom. The number of hydrogen-bond donors (Lipinski definition) is 0. The number of pyridine rings is 1. The second-order valence-corrected chi connectivity index (χ2v) is 9.41. The fourth-order valence-corrected chi connectivity index (χ4v) is 5.26. The molecule has 144 valence electrons. The first kappa shape index (κ1) is 15.1. The van der Waals surface area contributed by atoms with Crippen molar-refractivity contribution in [3.05, 3.63) is 46.6 Å². The van der Waals surface area contributed by atoms with Crippen molar-refractivity contribution in [3.63, 3.8) is 0 Å². The summed E-state index contributed by atoms with van der Waals surface area (Å²) in [4.78, 5) is 0. The van der Waals surface area contributed by atoms with E-state index in [4.69, 9.17) is 8.85 Å². The van der Waals surface area contributed by atoms with Gasteiger partial charge in [-0.1, -0.05) is 32.4 Å². The molecule has 0 atom stereocenters. The topological polar surface area (TPSA) is 13.1 Å². The first-order valence-electron chi connectivity index (χ1n) is 11.8. The van der Waals surface area contributed by atoms with Crippen molar-refractivity contribution in [3.8, 4) is 17.0 Å². The van der Waals surface area contributed by atoms with Crippen LogP contribution in [0, 0.1) is 20.7 Å². The van der Waals surface area contributed by atoms with Gasteiger partial charge in [0.1, 0.15) is 18.4 Å². The van der Waals surface area contributed by atoms with Crippen LogP contribution in [0.5, 0.6) is 5.75 Å². The van der Waals surface area contributed by atoms with Gasteiger partial charge in [-0.15, -0.1) is 0 Å². The molecule has 4 rings (SSSR count). The number of hydrogen-bond acceptors (Lipinski definition) is 1. The first-order valence-corrected chi connectivity index (χ1v) is 10.3. The van der Waals surface area contributed by atoms with Gasteiger partial charge in [-0.25, -0.2) is 4.57 Å². The quantitative estimate of drug-likeness (QED) is 0.575. The summed E-state index contributed by atoms with van der Waals surface area (Å²) in [5.41, 5.74) is 5.70. The van der Waals surface area contributed by atoms with Crippen LogP contribution in [-0.2, 0) is 12.5 Å². The lowest BCUT2D eigenvalue weighted by Gasteiger charge is -2.48. The number of aromatic nitrogens is 1. The zero-order valence-electron chi connectivity index (χ0n) is 20.4. The third kappa shape index (κ3) is 3.07. The zero-order chi connectivity index (χ0) is 21.9. The van der Waals surface area contributed by atoms with Crippen molar-refractivity contribution in [2.75, 3.05) is 0 Å². The molecule has 0 N–H and O–H groups in total. The highest BCUT2D eigenvalue weighted by Crippen LogP contribution is 2.53. The summed E-state index contributed by atoms with van der Waals surface area (Å²) in [6.45, 7) is 6.58. The van der Waals surface area contributed by atoms with E-state index in [1.165, 1.54) is 24.8 Å². The molecule has 0 unspecified atom stereocenters. The van der Waals surface area contributed by atoms with Gasteiger partial charge in [-0.3, -0.25) is 0 Å². The normalized spacial score (nSPS) is 22.3. The summed E-state index contributed by atoms with van der Waals surface area (Å²) in [5.74, 6) is 1.00. The van der Waals surface area contributed by atoms with Gasteiger partial charge >= 0.3 is 0 Å². The maximum atomic E-state index is 7.86. The number of nitrogens with zero attached hydrogens (tertiary/aromatic N) is 1. The van der Waals surface area contributed by atoms with E-state index in [0.29, 0.717) is 5.56 Å². The highest BCUT2D eigenvalue weighted by molar-refractivity contribution is 5.73. The highest BCUT2D eigenvalue weighted by Gasteiger charge is 2.46. The lowest BCUT2D eigenvalue weighted by Crippen LogP contribution is -2.47. The van der Waals surface area contributed by atoms with Crippen molar-refractivity contribution < 1.29 is 13.4 Å². The van der Waals surface area contributed by atoms with Gasteiger partial charge in [0.25, 0.3) is 0 Å². The molecule has 0 radical (unpaired) electrons. The fourth-order valence-electron chi connectivity index (χ4n) is 5.26. The molecule has 2 heterocycles. The molecule has 0 bridgehead atoms. The molecule has 1 aliphatic heterocycles. The number of fused-ring (bicyclic) bond motifs is 1. The molecule has 27 heavy (non-hydrogen) atoms. The molecule has 1 aliphatic carbocycles. The average Bonchev–Trinajstić information content (AvgIpc) is 2.62. The standard InChI is InChI=1S/C25H34NO/c1-17-10-11-20-23(22(17)21-14-18(2)19(3)15-26(21)6)27-25(16-24(20,4)5)12-8-7-9-13-25/h10-11,14-15H,7-9,12-13,16H2,1-6H3/q+1/i3D3. The summed E-state index contributed by atoms with van der Waals surface area (Å²) in [6.07, 6.45) is 8.81. The highest BCUT2D eigenvalue weighted by atomic mass is 16.5. The molecule has 1 aromatic carbocycles. The molecule has 2 nitrogen and oxygen atoms in total. The third-order valence-electron chi connectivity index (χ3n) is 6.68. The average molecular weight is 368 g/mol. The van der Waals surface area contributed by atoms with Crippen molar-refractivity contribution >= 4 is 0 Å². The van der Waals surface area contributed by atoms with E-state index in [-0.39, 0.29) is 11.0 Å². The Kier molecular flexibility index (Phi) is 3.56. The van der Waals surface area contributed by atoms with Gasteiger partial charge in [-0.2, -0.15) is 0 Å². The van der Waals surface area contributed by atoms with Crippen LogP contribution in [-0.4, -0.2) is 5.60 Å². The van der Waals surface area contributed by atoms with E-state index in [9.17, 15) is 0 Å². The summed E-state index contributed by atoms with van der Waals surface area (Å²) >= 11 is 0. The second-order valence-electron chi connectivity index (χ2n) is 9.41. The molecular weight excluding hydrogens is 330 g/mol. The van der Waals surface area contributed by atoms with Crippen molar-refractivity contribution in [2.45, 2.75) is 84.1 Å². The van der Waals surface area contributed by atoms with E-state index in [1.807, 2.05) is 24.6 Å². The molecule has 2 heteroatoms. The molecular formula is C25H34NO+. The van der Waals surface area contributed by atoms with Gasteiger partial charge in [0.15, 0.2) is 6.20 Å². The minimum Gasteiger partial charge on any atom is -0.486 e. The minimum absolute atomic E-state index is 0.0413. The summed E-state index contributed by atoms with van der Waals surface area (Å²) in [6, 6.07) is 6.43. The Hall–Kier alpha value is -1.83. The van der Waals surface area contributed by atoms with Crippen LogP contribution in [0.3, 0.4) is 0 Å². The minimum atomic E-state index is -2.11. The third-order valence-corrected chi connectivity index (χ3v) is 6.68. The van der Waals surface area contributed by atoms with Crippen molar-refractivity contribution in [1.82, 2.24) is 0 Å². The Balaban J connectivity index is 1.93. The van der Waals surface area contributed by atoms with Crippen LogP contribution in [0.2, 0.25) is 0 Å². The molecule has 0 amide bonds. The van der Waals surface area contributed by atoms with Crippen molar-refractivity contribution in [2.24, 2.45) is 7.05 Å². The fraction of sp³-hybridized carbons (Fsp3) is 0.560. The van der Waals surface area contributed by atoms with Gasteiger partial charge in [-0.05, 0) is 69.3 Å². The van der Waals surface area contributed by atoms with Gasteiger partial charge < -0.3 is 4.74 Å². The van der Waals surface area contributed by atoms with Crippen LogP contribution >= 0.6 is 0 Å². The Morgan fingerprint density at radius 1 is 1.04 bits per heavy atom. The zero-order valence-corrected chi connectivity index (χ0v) is 17.4. The number of benzene rings is 1. The van der Waals surface area contributed by atoms with E-state index in [2.05, 4.69) is 32.9 Å². The molecule has 2 aromatic rings. The van der Waals surface area contributed by atoms with E-state index >= 15 is 0 Å². The molecule has 1 fully saturated rings. The van der Waals surface area contributed by atoms with Gasteiger partial charge in [0, 0.05) is 21.3 Å². The van der Waals surface area contributed by atoms with Crippen LogP contribution < -0.4 is 9.30 Å². The molecule has 1 aromatic heterocycles. The van der Waals surface area contributed by atoms with Crippen LogP contribution in [0.25, 0.3) is 11.3 Å². The van der Waals surface area contributed by atoms with E-state index in [1.54, 1.807) is 6.20 Å². The number of rotatable bonds is 1. The number of ether oxygens (including phenoxy) is 1. The monoisotopic (exact) mass is 367 g/mol. The largest absolute Gasteiger partial charge is 0.486 e. The number of aryl methyl sites for hydroxylation is 4. The summed E-state index contributed by atoms with van der Waals surface area (Å²) in [7, 11) is 1.94. The predicted molar refractivity (Wildman–Crippen MR) is 111 cm³/mol. The Bertz CT molecular complexity index is 985. The smallest absolute Gasteiger partial charge is 0.216 e. The molecule has 1 spiro atoms. The van der Waals surface area contributed by atoms with Crippen LogP contribution in [0.1, 0.15) is 78.7 Å². The molecule has 2 aliphatic rings. The first-order chi connectivity index (χ1) is 13.9. The van der Waals surface area contributed by atoms with Gasteiger partial charge in [0.05, 0.1) is 5.56 Å². The Labute approximate surface area is 168 Å². The van der Waals surface area contributed by atoms with E-state index in [0.717, 1.165) is 47.4 Å². The summed E-state index contributed by atoms with van der Waals surface area (Å²) in [5, 5.41) is 0. The second kappa shape index (κ2) is 6.36. The molecule has 1 saturated carbocycles. The Morgan fingerprint density at radius 3 is 2.48 bits per heavy atom. The predicted octanol–water partition coefficient (Wildman–Crippen LogP) is 5.87. The van der Waals surface area contributed by atoms with E-state index < -0.39 is 6.85 Å². The van der Waals surface area contributed by atoms with Crippen LogP contribution in [0.4, 0.5) is 0 Å². The maximum absolute atomic E-state index is 7.86. The van der Waals surface area contributed by atoms with Crippen LogP contribution in [0.15, 0.2) is 24.4 Å². The lowest BCUT2D eigenvalue weighted by atomic mass is 9.67. The SMILES string of the molecule is [2H]C([2H])([2H])c1c[n+](C)c(-c2c(C)ccc3c2OC2(CCCCC2)CC3(C)C)cc1C. The maximum Gasteiger partial charge on any atom is 0.216 e. The lowest BCUT2D eigenvalue weighted by molar-refractivity contribution is -0.660.